The average molecular weight is 499 g/mol. The van der Waals surface area contributed by atoms with E-state index >= 15 is 0 Å². The molecular formula is C17H34IN5O2S. The number of sulfonamides is 1. The van der Waals surface area contributed by atoms with Crippen molar-refractivity contribution < 1.29 is 8.42 Å². The van der Waals surface area contributed by atoms with Crippen molar-refractivity contribution in [1.29, 1.82) is 0 Å². The number of hydrogen-bond donors (Lipinski definition) is 3. The third-order valence-corrected chi connectivity index (χ3v) is 7.03. The Morgan fingerprint density at radius 1 is 1.23 bits per heavy atom. The SMILES string of the molecule is CN=C(NCCS(=O)(=O)NCC1CCC1)NC1CC(C)N(C2CC2)C1.I. The summed E-state index contributed by atoms with van der Waals surface area (Å²) in [5, 5.41) is 6.59. The van der Waals surface area contributed by atoms with Crippen LogP contribution in [0.15, 0.2) is 4.99 Å². The molecule has 0 radical (unpaired) electrons. The number of rotatable bonds is 8. The lowest BCUT2D eigenvalue weighted by atomic mass is 9.86. The summed E-state index contributed by atoms with van der Waals surface area (Å²) in [6, 6.07) is 1.78. The normalized spacial score (nSPS) is 27.7. The van der Waals surface area contributed by atoms with Crippen LogP contribution in [-0.4, -0.2) is 69.8 Å². The Kier molecular flexibility index (Phi) is 8.42. The summed E-state index contributed by atoms with van der Waals surface area (Å²) < 4.78 is 26.8. The highest BCUT2D eigenvalue weighted by molar-refractivity contribution is 14.0. The van der Waals surface area contributed by atoms with Crippen LogP contribution in [0, 0.1) is 5.92 Å². The molecule has 0 spiro atoms. The minimum absolute atomic E-state index is 0. The van der Waals surface area contributed by atoms with Crippen molar-refractivity contribution in [3.63, 3.8) is 0 Å². The van der Waals surface area contributed by atoms with Gasteiger partial charge in [0.25, 0.3) is 0 Å². The Hall–Kier alpha value is -0.130. The Balaban J connectivity index is 0.00000243. The summed E-state index contributed by atoms with van der Waals surface area (Å²) in [6.07, 6.45) is 7.29. The minimum Gasteiger partial charge on any atom is -0.355 e. The van der Waals surface area contributed by atoms with Gasteiger partial charge in [0, 0.05) is 44.8 Å². The largest absolute Gasteiger partial charge is 0.355 e. The summed E-state index contributed by atoms with van der Waals surface area (Å²) in [5.74, 6) is 1.32. The fraction of sp³-hybridized carbons (Fsp3) is 0.941. The monoisotopic (exact) mass is 499 g/mol. The van der Waals surface area contributed by atoms with E-state index in [0.29, 0.717) is 37.1 Å². The van der Waals surface area contributed by atoms with Gasteiger partial charge in [-0.25, -0.2) is 13.1 Å². The van der Waals surface area contributed by atoms with Crippen LogP contribution in [0.5, 0.6) is 0 Å². The Morgan fingerprint density at radius 3 is 2.54 bits per heavy atom. The molecule has 1 saturated heterocycles. The first-order valence-electron chi connectivity index (χ1n) is 9.67. The van der Waals surface area contributed by atoms with Crippen LogP contribution in [0.2, 0.25) is 0 Å². The maximum Gasteiger partial charge on any atom is 0.213 e. The number of halogens is 1. The summed E-state index contributed by atoms with van der Waals surface area (Å²) in [6.45, 7) is 4.30. The number of hydrogen-bond acceptors (Lipinski definition) is 4. The third-order valence-electron chi connectivity index (χ3n) is 5.68. The molecule has 2 atom stereocenters. The zero-order chi connectivity index (χ0) is 17.9. The van der Waals surface area contributed by atoms with Gasteiger partial charge in [-0.05, 0) is 44.9 Å². The highest BCUT2D eigenvalue weighted by Crippen LogP contribution is 2.33. The summed E-state index contributed by atoms with van der Waals surface area (Å²) in [7, 11) is -1.48. The lowest BCUT2D eigenvalue weighted by Crippen LogP contribution is -2.46. The molecular weight excluding hydrogens is 465 g/mol. The molecule has 7 nitrogen and oxygen atoms in total. The first kappa shape index (κ1) is 22.2. The smallest absolute Gasteiger partial charge is 0.213 e. The van der Waals surface area contributed by atoms with Crippen molar-refractivity contribution in [2.24, 2.45) is 10.9 Å². The number of nitrogens with one attached hydrogen (secondary N) is 3. The first-order valence-corrected chi connectivity index (χ1v) is 11.3. The van der Waals surface area contributed by atoms with Crippen molar-refractivity contribution >= 4 is 40.0 Å². The van der Waals surface area contributed by atoms with Gasteiger partial charge in [-0.2, -0.15) is 0 Å². The second kappa shape index (κ2) is 9.88. The average Bonchev–Trinajstić information content (AvgIpc) is 3.28. The predicted octanol–water partition coefficient (Wildman–Crippen LogP) is 1.11. The highest BCUT2D eigenvalue weighted by atomic mass is 127. The lowest BCUT2D eigenvalue weighted by Gasteiger charge is -2.25. The zero-order valence-corrected chi connectivity index (χ0v) is 19.1. The molecule has 3 rings (SSSR count). The van der Waals surface area contributed by atoms with Gasteiger partial charge < -0.3 is 10.6 Å². The van der Waals surface area contributed by atoms with E-state index < -0.39 is 10.0 Å². The van der Waals surface area contributed by atoms with Crippen molar-refractivity contribution in [3.05, 3.63) is 0 Å². The number of likely N-dealkylation sites (tertiary alicyclic amines) is 1. The third kappa shape index (κ3) is 6.49. The van der Waals surface area contributed by atoms with Crippen LogP contribution in [0.3, 0.4) is 0 Å². The fourth-order valence-electron chi connectivity index (χ4n) is 3.78. The van der Waals surface area contributed by atoms with Crippen molar-refractivity contribution in [2.75, 3.05) is 32.4 Å². The molecule has 152 valence electrons. The van der Waals surface area contributed by atoms with Gasteiger partial charge in [-0.1, -0.05) is 6.42 Å². The van der Waals surface area contributed by atoms with E-state index in [4.69, 9.17) is 0 Å². The number of nitrogens with zero attached hydrogens (tertiary/aromatic N) is 2. The molecule has 0 aromatic carbocycles. The lowest BCUT2D eigenvalue weighted by molar-refractivity contribution is 0.256. The van der Waals surface area contributed by atoms with Crippen molar-refractivity contribution in [3.8, 4) is 0 Å². The van der Waals surface area contributed by atoms with E-state index in [2.05, 4.69) is 32.2 Å². The molecule has 3 N–H and O–H groups in total. The van der Waals surface area contributed by atoms with Gasteiger partial charge >= 0.3 is 0 Å². The topological polar surface area (TPSA) is 85.8 Å². The molecule has 1 heterocycles. The van der Waals surface area contributed by atoms with Gasteiger partial charge in [0.2, 0.25) is 10.0 Å². The molecule has 0 bridgehead atoms. The van der Waals surface area contributed by atoms with E-state index in [0.717, 1.165) is 31.8 Å². The molecule has 0 amide bonds. The van der Waals surface area contributed by atoms with Gasteiger partial charge in [-0.3, -0.25) is 9.89 Å². The van der Waals surface area contributed by atoms with Crippen LogP contribution < -0.4 is 15.4 Å². The van der Waals surface area contributed by atoms with Crippen LogP contribution in [0.4, 0.5) is 0 Å². The fourth-order valence-corrected chi connectivity index (χ4v) is 4.79. The van der Waals surface area contributed by atoms with Crippen LogP contribution in [0.1, 0.15) is 45.4 Å². The molecule has 9 heteroatoms. The zero-order valence-electron chi connectivity index (χ0n) is 15.9. The Labute approximate surface area is 175 Å². The Morgan fingerprint density at radius 2 is 1.96 bits per heavy atom. The molecule has 3 fully saturated rings. The molecule has 26 heavy (non-hydrogen) atoms. The van der Waals surface area contributed by atoms with Crippen LogP contribution in [-0.2, 0) is 10.0 Å². The van der Waals surface area contributed by atoms with Crippen molar-refractivity contribution in [2.45, 2.75) is 63.6 Å². The number of guanidine groups is 1. The van der Waals surface area contributed by atoms with Gasteiger partial charge in [-0.15, -0.1) is 24.0 Å². The van der Waals surface area contributed by atoms with Gasteiger partial charge in [0.15, 0.2) is 5.96 Å². The van der Waals surface area contributed by atoms with E-state index in [9.17, 15) is 8.42 Å². The van der Waals surface area contributed by atoms with E-state index in [1.807, 2.05) is 0 Å². The minimum atomic E-state index is -3.21. The second-order valence-electron chi connectivity index (χ2n) is 7.82. The van der Waals surface area contributed by atoms with Crippen molar-refractivity contribution in [1.82, 2.24) is 20.3 Å². The molecule has 2 aliphatic carbocycles. The van der Waals surface area contributed by atoms with Crippen LogP contribution >= 0.6 is 24.0 Å². The first-order chi connectivity index (χ1) is 12.0. The molecule has 3 aliphatic rings. The molecule has 1 aliphatic heterocycles. The Bertz CT molecular complexity index is 578. The van der Waals surface area contributed by atoms with Crippen LogP contribution in [0.25, 0.3) is 0 Å². The molecule has 2 saturated carbocycles. The standard InChI is InChI=1S/C17H33N5O2S.HI/c1-13-10-15(12-22(13)16-6-7-16)21-17(18-2)19-8-9-25(23,24)20-11-14-4-3-5-14;/h13-16,20H,3-12H2,1-2H3,(H2,18,19,21);1H. The maximum atomic E-state index is 12.0. The molecule has 0 aromatic rings. The van der Waals surface area contributed by atoms with E-state index in [-0.39, 0.29) is 29.7 Å². The van der Waals surface area contributed by atoms with Gasteiger partial charge in [0.1, 0.15) is 0 Å². The summed E-state index contributed by atoms with van der Waals surface area (Å²) >= 11 is 0. The maximum absolute atomic E-state index is 12.0. The van der Waals surface area contributed by atoms with Gasteiger partial charge in [0.05, 0.1) is 5.75 Å². The van der Waals surface area contributed by atoms with E-state index in [1.165, 1.54) is 19.3 Å². The summed E-state index contributed by atoms with van der Waals surface area (Å²) in [4.78, 5) is 6.82. The summed E-state index contributed by atoms with van der Waals surface area (Å²) in [5.41, 5.74) is 0. The quantitative estimate of drug-likeness (QED) is 0.265. The molecule has 0 aromatic heterocycles. The molecule has 2 unspecified atom stereocenters. The van der Waals surface area contributed by atoms with E-state index in [1.54, 1.807) is 7.05 Å². The number of aliphatic imine (C=N–C) groups is 1. The highest BCUT2D eigenvalue weighted by Gasteiger charge is 2.38. The second-order valence-corrected chi connectivity index (χ2v) is 9.74. The predicted molar refractivity (Wildman–Crippen MR) is 117 cm³/mol.